The third-order valence-electron chi connectivity index (χ3n) is 5.10. The molecule has 29 heavy (non-hydrogen) atoms. The number of benzene rings is 2. The van der Waals surface area contributed by atoms with Gasteiger partial charge < -0.3 is 10.1 Å². The van der Waals surface area contributed by atoms with Crippen molar-refractivity contribution < 1.29 is 19.1 Å². The van der Waals surface area contributed by atoms with Gasteiger partial charge in [0, 0.05) is 5.69 Å². The molecule has 7 heteroatoms. The first kappa shape index (κ1) is 19.2. The van der Waals surface area contributed by atoms with Crippen LogP contribution >= 0.6 is 11.6 Å². The predicted octanol–water partition coefficient (Wildman–Crippen LogP) is 4.02. The Morgan fingerprint density at radius 1 is 1.00 bits per heavy atom. The van der Waals surface area contributed by atoms with Gasteiger partial charge in [-0.2, -0.15) is 0 Å². The van der Waals surface area contributed by atoms with Crippen molar-refractivity contribution in [2.45, 2.75) is 12.8 Å². The first-order chi connectivity index (χ1) is 14.0. The van der Waals surface area contributed by atoms with Gasteiger partial charge in [-0.25, -0.2) is 0 Å². The maximum Gasteiger partial charge on any atom is 0.244 e. The summed E-state index contributed by atoms with van der Waals surface area (Å²) < 4.78 is 5.71. The number of halogens is 1. The fourth-order valence-electron chi connectivity index (χ4n) is 3.63. The molecule has 1 saturated heterocycles. The molecule has 1 N–H and O–H groups in total. The number of para-hydroxylation sites is 1. The molecule has 1 fully saturated rings. The molecule has 148 valence electrons. The van der Waals surface area contributed by atoms with E-state index in [1.807, 2.05) is 24.3 Å². The number of hydrogen-bond donors (Lipinski definition) is 1. The summed E-state index contributed by atoms with van der Waals surface area (Å²) in [5, 5.41) is 3.21. The summed E-state index contributed by atoms with van der Waals surface area (Å²) in [4.78, 5) is 38.3. The molecule has 6 nitrogen and oxygen atoms in total. The lowest BCUT2D eigenvalue weighted by molar-refractivity contribution is -0.142. The highest BCUT2D eigenvalue weighted by atomic mass is 35.5. The highest BCUT2D eigenvalue weighted by molar-refractivity contribution is 6.32. The van der Waals surface area contributed by atoms with Crippen molar-refractivity contribution in [1.29, 1.82) is 0 Å². The number of ether oxygens (including phenoxy) is 1. The van der Waals surface area contributed by atoms with Crippen molar-refractivity contribution in [3.05, 3.63) is 65.7 Å². The minimum absolute atomic E-state index is 0.261. The zero-order valence-electron chi connectivity index (χ0n) is 15.5. The number of allylic oxidation sites excluding steroid dienone is 2. The molecule has 0 bridgehead atoms. The van der Waals surface area contributed by atoms with Gasteiger partial charge in [0.1, 0.15) is 18.0 Å². The van der Waals surface area contributed by atoms with Gasteiger partial charge in [0.15, 0.2) is 0 Å². The smallest absolute Gasteiger partial charge is 0.244 e. The number of carbonyl (C=O) groups is 3. The van der Waals surface area contributed by atoms with Crippen molar-refractivity contribution in [2.24, 2.45) is 11.8 Å². The summed E-state index contributed by atoms with van der Waals surface area (Å²) in [5.74, 6) is -0.502. The number of carbonyl (C=O) groups excluding carboxylic acids is 3. The van der Waals surface area contributed by atoms with Crippen LogP contribution in [-0.2, 0) is 14.4 Å². The van der Waals surface area contributed by atoms with Crippen molar-refractivity contribution in [1.82, 2.24) is 4.90 Å². The molecule has 4 rings (SSSR count). The van der Waals surface area contributed by atoms with Gasteiger partial charge in [-0.3, -0.25) is 19.3 Å². The van der Waals surface area contributed by atoms with E-state index in [0.29, 0.717) is 35.1 Å². The van der Waals surface area contributed by atoms with Gasteiger partial charge >= 0.3 is 0 Å². The molecular weight excluding hydrogens is 392 g/mol. The molecule has 1 aliphatic carbocycles. The van der Waals surface area contributed by atoms with E-state index in [2.05, 4.69) is 5.32 Å². The van der Waals surface area contributed by atoms with Crippen LogP contribution < -0.4 is 10.1 Å². The number of amides is 3. The molecule has 0 radical (unpaired) electrons. The highest BCUT2D eigenvalue weighted by Gasteiger charge is 2.47. The third kappa shape index (κ3) is 4.03. The number of anilines is 1. The molecule has 2 aliphatic rings. The van der Waals surface area contributed by atoms with Gasteiger partial charge in [-0.05, 0) is 49.2 Å². The topological polar surface area (TPSA) is 75.7 Å². The van der Waals surface area contributed by atoms with Crippen LogP contribution in [0.15, 0.2) is 60.7 Å². The molecule has 1 aliphatic heterocycles. The Hall–Kier alpha value is -3.12. The average Bonchev–Trinajstić information content (AvgIpc) is 2.96. The number of fused-ring (bicyclic) bond motifs is 1. The third-order valence-corrected chi connectivity index (χ3v) is 5.42. The Morgan fingerprint density at radius 2 is 1.62 bits per heavy atom. The van der Waals surface area contributed by atoms with E-state index in [-0.39, 0.29) is 30.2 Å². The molecule has 2 aromatic rings. The summed E-state index contributed by atoms with van der Waals surface area (Å²) in [6.45, 7) is -0.275. The molecular formula is C22H19ClN2O4. The second-order valence-electron chi connectivity index (χ2n) is 7.02. The number of nitrogens with zero attached hydrogens (tertiary/aromatic N) is 1. The van der Waals surface area contributed by atoms with Gasteiger partial charge in [0.25, 0.3) is 0 Å². The van der Waals surface area contributed by atoms with E-state index in [1.54, 1.807) is 36.4 Å². The lowest BCUT2D eigenvalue weighted by Gasteiger charge is -2.14. The second-order valence-corrected chi connectivity index (χ2v) is 7.43. The normalized spacial score (nSPS) is 20.5. The maximum atomic E-state index is 12.4. The zero-order chi connectivity index (χ0) is 20.4. The Bertz CT molecular complexity index is 961. The summed E-state index contributed by atoms with van der Waals surface area (Å²) in [6, 6.07) is 13.9. The van der Waals surface area contributed by atoms with Crippen LogP contribution in [0.5, 0.6) is 11.5 Å². The van der Waals surface area contributed by atoms with Crippen molar-refractivity contribution >= 4 is 35.0 Å². The number of likely N-dealkylation sites (tertiary alicyclic amines) is 1. The lowest BCUT2D eigenvalue weighted by atomic mass is 9.85. The fourth-order valence-corrected chi connectivity index (χ4v) is 3.80. The molecule has 2 aromatic carbocycles. The lowest BCUT2D eigenvalue weighted by Crippen LogP contribution is -2.38. The van der Waals surface area contributed by atoms with Gasteiger partial charge in [0.05, 0.1) is 16.9 Å². The van der Waals surface area contributed by atoms with E-state index >= 15 is 0 Å². The first-order valence-electron chi connectivity index (χ1n) is 9.35. The Labute approximate surface area is 173 Å². The summed E-state index contributed by atoms with van der Waals surface area (Å²) in [7, 11) is 0. The SMILES string of the molecule is O=C(CN1C(=O)C2CC=CCC2C1=O)Nc1ccc(Oc2ccccc2Cl)cc1. The average molecular weight is 411 g/mol. The second kappa shape index (κ2) is 8.09. The minimum atomic E-state index is -0.418. The number of nitrogens with one attached hydrogen (secondary N) is 1. The van der Waals surface area contributed by atoms with Crippen LogP contribution in [-0.4, -0.2) is 29.2 Å². The van der Waals surface area contributed by atoms with Crippen molar-refractivity contribution in [3.8, 4) is 11.5 Å². The minimum Gasteiger partial charge on any atom is -0.456 e. The number of rotatable bonds is 5. The van der Waals surface area contributed by atoms with Gasteiger partial charge in [-0.1, -0.05) is 35.9 Å². The van der Waals surface area contributed by atoms with E-state index in [0.717, 1.165) is 4.90 Å². The first-order valence-corrected chi connectivity index (χ1v) is 9.73. The van der Waals surface area contributed by atoms with Crippen LogP contribution in [0.3, 0.4) is 0 Å². The molecule has 1 heterocycles. The van der Waals surface area contributed by atoms with Gasteiger partial charge in [-0.15, -0.1) is 0 Å². The molecule has 0 aromatic heterocycles. The molecule has 2 unspecified atom stereocenters. The fraction of sp³-hybridized carbons (Fsp3) is 0.227. The Morgan fingerprint density at radius 3 is 2.24 bits per heavy atom. The summed E-state index contributed by atoms with van der Waals surface area (Å²) in [5.41, 5.74) is 0.541. The number of imide groups is 1. The highest BCUT2D eigenvalue weighted by Crippen LogP contribution is 2.35. The monoisotopic (exact) mass is 410 g/mol. The zero-order valence-corrected chi connectivity index (χ0v) is 16.3. The van der Waals surface area contributed by atoms with Gasteiger partial charge in [0.2, 0.25) is 17.7 Å². The standard InChI is InChI=1S/C22H19ClN2O4/c23-18-7-3-4-8-19(18)29-15-11-9-14(10-12-15)24-20(26)13-25-21(27)16-5-1-2-6-17(16)22(25)28/h1-4,7-12,16-17H,5-6,13H2,(H,24,26). The van der Waals surface area contributed by atoms with Crippen LogP contribution in [0.2, 0.25) is 5.02 Å². The molecule has 2 atom stereocenters. The number of hydrogen-bond acceptors (Lipinski definition) is 4. The Balaban J connectivity index is 1.36. The molecule has 3 amide bonds. The van der Waals surface area contributed by atoms with E-state index < -0.39 is 5.91 Å². The van der Waals surface area contributed by atoms with Crippen LogP contribution in [0, 0.1) is 11.8 Å². The largest absolute Gasteiger partial charge is 0.456 e. The summed E-state index contributed by atoms with van der Waals surface area (Å²) in [6.07, 6.45) is 4.95. The van der Waals surface area contributed by atoms with Crippen molar-refractivity contribution in [2.75, 3.05) is 11.9 Å². The quantitative estimate of drug-likeness (QED) is 0.596. The van der Waals surface area contributed by atoms with Crippen LogP contribution in [0.25, 0.3) is 0 Å². The maximum absolute atomic E-state index is 12.4. The van der Waals surface area contributed by atoms with E-state index in [4.69, 9.17) is 16.3 Å². The predicted molar refractivity (Wildman–Crippen MR) is 109 cm³/mol. The van der Waals surface area contributed by atoms with Crippen molar-refractivity contribution in [3.63, 3.8) is 0 Å². The van der Waals surface area contributed by atoms with E-state index in [1.165, 1.54) is 0 Å². The van der Waals surface area contributed by atoms with E-state index in [9.17, 15) is 14.4 Å². The summed E-state index contributed by atoms with van der Waals surface area (Å²) >= 11 is 6.08. The Kier molecular flexibility index (Phi) is 5.36. The van der Waals surface area contributed by atoms with Crippen LogP contribution in [0.4, 0.5) is 5.69 Å². The molecule has 0 saturated carbocycles. The van der Waals surface area contributed by atoms with Crippen LogP contribution in [0.1, 0.15) is 12.8 Å². The molecule has 0 spiro atoms.